The van der Waals surface area contributed by atoms with Crippen molar-refractivity contribution in [1.82, 2.24) is 15.1 Å². The van der Waals surface area contributed by atoms with Gasteiger partial charge in [-0.2, -0.15) is 16.9 Å². The third-order valence-electron chi connectivity index (χ3n) is 3.30. The van der Waals surface area contributed by atoms with Gasteiger partial charge in [-0.3, -0.25) is 0 Å². The van der Waals surface area contributed by atoms with E-state index in [0.29, 0.717) is 6.04 Å². The summed E-state index contributed by atoms with van der Waals surface area (Å²) in [5, 5.41) is 8.17. The van der Waals surface area contributed by atoms with Crippen LogP contribution in [0.15, 0.2) is 42.6 Å². The van der Waals surface area contributed by atoms with Crippen molar-refractivity contribution in [2.24, 2.45) is 0 Å². The maximum Gasteiger partial charge on any atom is 0.0649 e. The zero-order chi connectivity index (χ0) is 14.9. The molecule has 1 aromatic heterocycles. The summed E-state index contributed by atoms with van der Waals surface area (Å²) in [5.41, 5.74) is 2.37. The fraction of sp³-hybridized carbons (Fsp3) is 0.471. The first-order valence-corrected chi connectivity index (χ1v) is 8.92. The molecular formula is C17H25N3S. The molecule has 1 aromatic carbocycles. The molecule has 0 fully saturated rings. The predicted molar refractivity (Wildman–Crippen MR) is 92.2 cm³/mol. The fourth-order valence-electron chi connectivity index (χ4n) is 2.28. The van der Waals surface area contributed by atoms with Crippen molar-refractivity contribution in [2.45, 2.75) is 32.7 Å². The van der Waals surface area contributed by atoms with Crippen LogP contribution in [-0.2, 0) is 0 Å². The standard InChI is InChI=1S/C17H25N3S/c1-3-11-18-16(14-21-13-4-2)17-10-12-19-20(17)15-8-6-5-7-9-15/h5-10,12,16,18H,3-4,11,13-14H2,1-2H3. The highest BCUT2D eigenvalue weighted by molar-refractivity contribution is 7.99. The summed E-state index contributed by atoms with van der Waals surface area (Å²) < 4.78 is 2.06. The average Bonchev–Trinajstić information content (AvgIpc) is 3.01. The molecule has 4 heteroatoms. The lowest BCUT2D eigenvalue weighted by Crippen LogP contribution is -2.26. The SMILES string of the molecule is CCCNC(CSCCC)c1ccnn1-c1ccccc1. The first-order valence-electron chi connectivity index (χ1n) is 7.77. The van der Waals surface area contributed by atoms with Crippen LogP contribution in [0.3, 0.4) is 0 Å². The molecule has 1 N–H and O–H groups in total. The smallest absolute Gasteiger partial charge is 0.0649 e. The van der Waals surface area contributed by atoms with E-state index in [-0.39, 0.29) is 0 Å². The van der Waals surface area contributed by atoms with Crippen LogP contribution >= 0.6 is 11.8 Å². The van der Waals surface area contributed by atoms with Gasteiger partial charge in [-0.25, -0.2) is 4.68 Å². The minimum Gasteiger partial charge on any atom is -0.308 e. The Morgan fingerprint density at radius 2 is 1.95 bits per heavy atom. The summed E-state index contributed by atoms with van der Waals surface area (Å²) in [5.74, 6) is 2.30. The molecule has 21 heavy (non-hydrogen) atoms. The molecule has 2 aromatic rings. The summed E-state index contributed by atoms with van der Waals surface area (Å²) in [6, 6.07) is 12.8. The Labute approximate surface area is 132 Å². The number of para-hydroxylation sites is 1. The van der Waals surface area contributed by atoms with E-state index < -0.39 is 0 Å². The topological polar surface area (TPSA) is 29.9 Å². The van der Waals surface area contributed by atoms with Crippen LogP contribution in [0.1, 0.15) is 38.4 Å². The monoisotopic (exact) mass is 303 g/mol. The predicted octanol–water partition coefficient (Wildman–Crippen LogP) is 4.06. The van der Waals surface area contributed by atoms with E-state index in [4.69, 9.17) is 0 Å². The Morgan fingerprint density at radius 3 is 2.67 bits per heavy atom. The number of rotatable bonds is 9. The van der Waals surface area contributed by atoms with Gasteiger partial charge in [0.25, 0.3) is 0 Å². The second kappa shape index (κ2) is 8.90. The van der Waals surface area contributed by atoms with Crippen LogP contribution < -0.4 is 5.32 Å². The molecule has 1 unspecified atom stereocenters. The molecule has 0 bridgehead atoms. The van der Waals surface area contributed by atoms with Crippen molar-refractivity contribution in [3.8, 4) is 5.69 Å². The lowest BCUT2D eigenvalue weighted by atomic mass is 10.2. The highest BCUT2D eigenvalue weighted by Gasteiger charge is 2.16. The van der Waals surface area contributed by atoms with E-state index in [1.807, 2.05) is 24.0 Å². The van der Waals surface area contributed by atoms with Gasteiger partial charge in [0.1, 0.15) is 0 Å². The number of hydrogen-bond donors (Lipinski definition) is 1. The first kappa shape index (κ1) is 16.1. The molecule has 114 valence electrons. The quantitative estimate of drug-likeness (QED) is 0.709. The third-order valence-corrected chi connectivity index (χ3v) is 4.57. The van der Waals surface area contributed by atoms with Gasteiger partial charge in [-0.1, -0.05) is 32.0 Å². The molecule has 0 aliphatic rings. The molecule has 0 spiro atoms. The fourth-order valence-corrected chi connectivity index (χ4v) is 3.25. The van der Waals surface area contributed by atoms with Crippen LogP contribution in [0.4, 0.5) is 0 Å². The summed E-state index contributed by atoms with van der Waals surface area (Å²) in [7, 11) is 0. The molecule has 0 saturated heterocycles. The van der Waals surface area contributed by atoms with Gasteiger partial charge in [0.15, 0.2) is 0 Å². The van der Waals surface area contributed by atoms with E-state index in [0.717, 1.165) is 24.4 Å². The number of nitrogens with zero attached hydrogens (tertiary/aromatic N) is 2. The minimum absolute atomic E-state index is 0.351. The summed E-state index contributed by atoms with van der Waals surface area (Å²) >= 11 is 2.01. The summed E-state index contributed by atoms with van der Waals surface area (Å²) in [4.78, 5) is 0. The van der Waals surface area contributed by atoms with Crippen LogP contribution in [0.2, 0.25) is 0 Å². The molecule has 0 aliphatic carbocycles. The van der Waals surface area contributed by atoms with Crippen molar-refractivity contribution in [2.75, 3.05) is 18.1 Å². The van der Waals surface area contributed by atoms with Gasteiger partial charge in [0.2, 0.25) is 0 Å². The zero-order valence-electron chi connectivity index (χ0n) is 13.0. The molecule has 0 radical (unpaired) electrons. The Bertz CT molecular complexity index is 510. The van der Waals surface area contributed by atoms with Gasteiger partial charge >= 0.3 is 0 Å². The highest BCUT2D eigenvalue weighted by Crippen LogP contribution is 2.21. The largest absolute Gasteiger partial charge is 0.308 e. The Morgan fingerprint density at radius 1 is 1.14 bits per heavy atom. The zero-order valence-corrected chi connectivity index (χ0v) is 13.8. The van der Waals surface area contributed by atoms with Crippen molar-refractivity contribution in [3.05, 3.63) is 48.3 Å². The number of benzene rings is 1. The Hall–Kier alpha value is -1.26. The minimum atomic E-state index is 0.351. The van der Waals surface area contributed by atoms with Gasteiger partial charge < -0.3 is 5.32 Å². The van der Waals surface area contributed by atoms with Crippen molar-refractivity contribution in [1.29, 1.82) is 0 Å². The van der Waals surface area contributed by atoms with Gasteiger partial charge in [0.05, 0.1) is 17.4 Å². The van der Waals surface area contributed by atoms with Crippen molar-refractivity contribution < 1.29 is 0 Å². The molecule has 0 saturated carbocycles. The van der Waals surface area contributed by atoms with E-state index in [1.165, 1.54) is 17.9 Å². The lowest BCUT2D eigenvalue weighted by molar-refractivity contribution is 0.549. The number of hydrogen-bond acceptors (Lipinski definition) is 3. The normalized spacial score (nSPS) is 12.5. The van der Waals surface area contributed by atoms with E-state index in [2.05, 4.69) is 59.3 Å². The second-order valence-corrected chi connectivity index (χ2v) is 6.23. The van der Waals surface area contributed by atoms with Gasteiger partial charge in [0, 0.05) is 11.9 Å². The van der Waals surface area contributed by atoms with E-state index >= 15 is 0 Å². The third kappa shape index (κ3) is 4.61. The maximum atomic E-state index is 4.51. The highest BCUT2D eigenvalue weighted by atomic mass is 32.2. The molecule has 2 rings (SSSR count). The molecule has 1 heterocycles. The summed E-state index contributed by atoms with van der Waals surface area (Å²) in [6.45, 7) is 5.48. The Kier molecular flexibility index (Phi) is 6.83. The van der Waals surface area contributed by atoms with Crippen LogP contribution in [0.25, 0.3) is 5.69 Å². The van der Waals surface area contributed by atoms with Crippen LogP contribution in [-0.4, -0.2) is 27.8 Å². The first-order chi connectivity index (χ1) is 10.4. The van der Waals surface area contributed by atoms with Crippen LogP contribution in [0, 0.1) is 0 Å². The van der Waals surface area contributed by atoms with Gasteiger partial charge in [-0.15, -0.1) is 0 Å². The molecule has 3 nitrogen and oxygen atoms in total. The number of aromatic nitrogens is 2. The summed E-state index contributed by atoms with van der Waals surface area (Å²) in [6.07, 6.45) is 4.27. The number of nitrogens with one attached hydrogen (secondary N) is 1. The second-order valence-electron chi connectivity index (χ2n) is 5.09. The molecule has 1 atom stereocenters. The lowest BCUT2D eigenvalue weighted by Gasteiger charge is -2.20. The maximum absolute atomic E-state index is 4.51. The van der Waals surface area contributed by atoms with Gasteiger partial charge in [-0.05, 0) is 43.3 Å². The Balaban J connectivity index is 2.17. The molecule has 0 aliphatic heterocycles. The van der Waals surface area contributed by atoms with E-state index in [9.17, 15) is 0 Å². The molecule has 0 amide bonds. The average molecular weight is 303 g/mol. The van der Waals surface area contributed by atoms with Crippen molar-refractivity contribution in [3.63, 3.8) is 0 Å². The molecular weight excluding hydrogens is 278 g/mol. The van der Waals surface area contributed by atoms with Crippen molar-refractivity contribution >= 4 is 11.8 Å². The van der Waals surface area contributed by atoms with Crippen LogP contribution in [0.5, 0.6) is 0 Å². The number of thioether (sulfide) groups is 1. The van der Waals surface area contributed by atoms with E-state index in [1.54, 1.807) is 0 Å².